The van der Waals surface area contributed by atoms with Crippen LogP contribution in [0.3, 0.4) is 0 Å². The second-order valence-electron chi connectivity index (χ2n) is 2.13. The first-order valence-electron chi connectivity index (χ1n) is 3.22. The third kappa shape index (κ3) is 2.76. The van der Waals surface area contributed by atoms with Crippen LogP contribution in [0.1, 0.15) is 5.56 Å². The molecule has 0 saturated heterocycles. The van der Waals surface area contributed by atoms with Gasteiger partial charge >= 0.3 is 94.0 Å². The van der Waals surface area contributed by atoms with Gasteiger partial charge in [0.25, 0.3) is 0 Å². The van der Waals surface area contributed by atoms with Crippen molar-refractivity contribution in [2.45, 2.75) is 6.42 Å². The Morgan fingerprint density at radius 3 is 3.00 bits per heavy atom. The average Bonchev–Trinajstić information content (AvgIpc) is 2.32. The van der Waals surface area contributed by atoms with Crippen molar-refractivity contribution in [2.24, 2.45) is 0 Å². The summed E-state index contributed by atoms with van der Waals surface area (Å²) in [5.41, 5.74) is 1.45. The van der Waals surface area contributed by atoms with E-state index in [9.17, 15) is 0 Å². The predicted molar refractivity (Wildman–Crippen MR) is 54.5 cm³/mol. The average molecular weight is 347 g/mol. The number of thiophene rings is 1. The van der Waals surface area contributed by atoms with E-state index in [-0.39, 0.29) is 0 Å². The summed E-state index contributed by atoms with van der Waals surface area (Å²) in [6.07, 6.45) is 2.97. The zero-order chi connectivity index (χ0) is 8.27. The monoisotopic (exact) mass is 344 g/mol. The van der Waals surface area contributed by atoms with Crippen LogP contribution < -0.4 is 3.47 Å². The third-order valence-corrected chi connectivity index (χ3v) is 10.9. The van der Waals surface area contributed by atoms with Gasteiger partial charge in [0.2, 0.25) is 0 Å². The third-order valence-electron chi connectivity index (χ3n) is 1.35. The Morgan fingerprint density at radius 1 is 1.73 bits per heavy atom. The Morgan fingerprint density at radius 2 is 2.45 bits per heavy atom. The fourth-order valence-electron chi connectivity index (χ4n) is 0.872. The molecule has 0 radical (unpaired) electrons. The molecule has 0 N–H and O–H groups in total. The summed E-state index contributed by atoms with van der Waals surface area (Å²) in [4.78, 5) is 0. The molecule has 0 aliphatic heterocycles. The van der Waals surface area contributed by atoms with Gasteiger partial charge in [0.05, 0.1) is 0 Å². The first-order valence-corrected chi connectivity index (χ1v) is 13.3. The molecule has 4 heteroatoms. The second-order valence-corrected chi connectivity index (χ2v) is 10.7. The molecule has 1 aromatic rings. The Hall–Kier alpha value is 1.02. The summed E-state index contributed by atoms with van der Waals surface area (Å²) in [7, 11) is 0. The quantitative estimate of drug-likeness (QED) is 0.582. The van der Waals surface area contributed by atoms with E-state index < -0.39 is 15.2 Å². The Labute approximate surface area is 93.2 Å². The molecule has 0 spiro atoms. The van der Waals surface area contributed by atoms with Crippen molar-refractivity contribution in [3.8, 4) is 0 Å². The minimum absolute atomic E-state index is 0.576. The van der Waals surface area contributed by atoms with Gasteiger partial charge in [-0.1, -0.05) is 0 Å². The van der Waals surface area contributed by atoms with Gasteiger partial charge in [0, 0.05) is 0 Å². The molecule has 1 aromatic heterocycles. The fourth-order valence-corrected chi connectivity index (χ4v) is 9.68. The first-order chi connectivity index (χ1) is 5.27. The molecule has 0 fully saturated rings. The van der Waals surface area contributed by atoms with Gasteiger partial charge in [-0.3, -0.25) is 0 Å². The molecule has 0 nitrogen and oxygen atoms in total. The fraction of sp³-hybridized carbons (Fsp3) is 0.143. The topological polar surface area (TPSA) is 0 Å². The van der Waals surface area contributed by atoms with E-state index in [0.29, 0.717) is 0 Å². The van der Waals surface area contributed by atoms with Crippen molar-refractivity contribution in [3.63, 3.8) is 0 Å². The first kappa shape index (κ1) is 10.1. The maximum absolute atomic E-state index is 3.74. The molecular weight excluding hydrogens is 341 g/mol. The standard InChI is InChI=1S/C7H6BrS.BrH.Zn/c1-2-3-6-4-7(8)9-5-6;;/h2,4H,1,3H2;1H;/q;;+1/p-1. The van der Waals surface area contributed by atoms with Crippen LogP contribution in [0, 0.1) is 0 Å². The summed E-state index contributed by atoms with van der Waals surface area (Å²) < 4.78 is 2.82. The molecule has 0 bridgehead atoms. The second kappa shape index (κ2) is 4.91. The van der Waals surface area contributed by atoms with E-state index in [0.717, 1.165) is 6.42 Å². The zero-order valence-corrected chi connectivity index (χ0v) is 12.9. The van der Waals surface area contributed by atoms with E-state index >= 15 is 0 Å². The van der Waals surface area contributed by atoms with Crippen molar-refractivity contribution in [2.75, 3.05) is 0 Å². The van der Waals surface area contributed by atoms with Gasteiger partial charge in [-0.05, 0) is 0 Å². The van der Waals surface area contributed by atoms with E-state index in [2.05, 4.69) is 42.2 Å². The zero-order valence-electron chi connectivity index (χ0n) is 5.94. The molecule has 0 atom stereocenters. The predicted octanol–water partition coefficient (Wildman–Crippen LogP) is 3.26. The number of hydrogen-bond acceptors (Lipinski definition) is 1. The van der Waals surface area contributed by atoms with Crippen molar-refractivity contribution in [1.82, 2.24) is 0 Å². The molecule has 0 aliphatic carbocycles. The molecule has 56 valence electrons. The molecule has 1 rings (SSSR count). The van der Waals surface area contributed by atoms with E-state index in [4.69, 9.17) is 0 Å². The summed E-state index contributed by atoms with van der Waals surface area (Å²) in [5.74, 6) is 0. The normalized spacial score (nSPS) is 9.27. The van der Waals surface area contributed by atoms with Crippen LogP contribution in [0.5, 0.6) is 0 Å². The molecule has 0 aliphatic rings. The number of hydrogen-bond donors (Lipinski definition) is 0. The van der Waals surface area contributed by atoms with Crippen LogP contribution in [0.25, 0.3) is 0 Å². The SMILES string of the molecule is C=CCc1cc(Br)s[c]1[Zn][Br]. The molecule has 1 heterocycles. The van der Waals surface area contributed by atoms with Gasteiger partial charge in [0.1, 0.15) is 0 Å². The minimum atomic E-state index is -0.576. The van der Waals surface area contributed by atoms with E-state index in [1.54, 1.807) is 3.47 Å². The summed E-state index contributed by atoms with van der Waals surface area (Å²) in [6.45, 7) is 3.74. The van der Waals surface area contributed by atoms with Crippen molar-refractivity contribution >= 4 is 44.4 Å². The van der Waals surface area contributed by atoms with Gasteiger partial charge in [0.15, 0.2) is 0 Å². The van der Waals surface area contributed by atoms with Crippen molar-refractivity contribution < 1.29 is 15.2 Å². The van der Waals surface area contributed by atoms with Crippen LogP contribution in [-0.4, -0.2) is 0 Å². The molecule has 0 aromatic carbocycles. The number of allylic oxidation sites excluding steroid dienone is 1. The van der Waals surface area contributed by atoms with Crippen LogP contribution >= 0.6 is 40.9 Å². The molecule has 11 heavy (non-hydrogen) atoms. The Bertz CT molecular complexity index is 257. The van der Waals surface area contributed by atoms with Gasteiger partial charge in [-0.15, -0.1) is 0 Å². The van der Waals surface area contributed by atoms with Crippen LogP contribution in [0.15, 0.2) is 22.5 Å². The molecular formula is C7H6Br2SZn. The van der Waals surface area contributed by atoms with Gasteiger partial charge in [-0.25, -0.2) is 0 Å². The number of rotatable bonds is 3. The molecule has 0 amide bonds. The van der Waals surface area contributed by atoms with E-state index in [1.807, 2.05) is 17.4 Å². The number of halogens is 2. The Kier molecular flexibility index (Phi) is 4.51. The molecule has 0 saturated carbocycles. The van der Waals surface area contributed by atoms with Crippen LogP contribution in [0.4, 0.5) is 0 Å². The van der Waals surface area contributed by atoms with E-state index in [1.165, 1.54) is 9.35 Å². The van der Waals surface area contributed by atoms with Crippen molar-refractivity contribution in [1.29, 1.82) is 0 Å². The summed E-state index contributed by atoms with van der Waals surface area (Å²) in [6, 6.07) is 2.20. The summed E-state index contributed by atoms with van der Waals surface area (Å²) >= 11 is 8.41. The van der Waals surface area contributed by atoms with Crippen LogP contribution in [-0.2, 0) is 21.6 Å². The van der Waals surface area contributed by atoms with Gasteiger partial charge < -0.3 is 0 Å². The molecule has 0 unspecified atom stereocenters. The van der Waals surface area contributed by atoms with Gasteiger partial charge in [-0.2, -0.15) is 0 Å². The Balaban J connectivity index is 2.91. The van der Waals surface area contributed by atoms with Crippen LogP contribution in [0.2, 0.25) is 0 Å². The maximum atomic E-state index is 3.74. The van der Waals surface area contributed by atoms with Crippen molar-refractivity contribution in [3.05, 3.63) is 28.1 Å². The summed E-state index contributed by atoms with van der Waals surface area (Å²) in [5, 5.41) is 0.